The summed E-state index contributed by atoms with van der Waals surface area (Å²) in [6.45, 7) is 3.80. The zero-order valence-electron chi connectivity index (χ0n) is 27.6. The summed E-state index contributed by atoms with van der Waals surface area (Å²) in [6, 6.07) is 32.6. The van der Waals surface area contributed by atoms with Gasteiger partial charge in [-0.2, -0.15) is 0 Å². The molecule has 0 fully saturated rings. The number of aromatic nitrogens is 2. The normalized spacial score (nSPS) is 11.2. The van der Waals surface area contributed by atoms with Gasteiger partial charge >= 0.3 is 11.9 Å². The first kappa shape index (κ1) is 33.7. The number of carboxylic acid groups (broad SMARTS) is 1. The van der Waals surface area contributed by atoms with Crippen molar-refractivity contribution in [2.45, 2.75) is 26.7 Å². The van der Waals surface area contributed by atoms with Gasteiger partial charge in [0.05, 0.1) is 22.4 Å². The van der Waals surface area contributed by atoms with E-state index in [-0.39, 0.29) is 46.9 Å². The number of esters is 1. The first-order valence-corrected chi connectivity index (χ1v) is 16.9. The third-order valence-electron chi connectivity index (χ3n) is 9.04. The van der Waals surface area contributed by atoms with Gasteiger partial charge in [0.1, 0.15) is 11.1 Å². The zero-order chi connectivity index (χ0) is 35.8. The number of hydrogen-bond acceptors (Lipinski definition) is 6. The molecule has 2 aromatic heterocycles. The largest absolute Gasteiger partial charge is 0.505 e. The van der Waals surface area contributed by atoms with Crippen molar-refractivity contribution in [2.75, 3.05) is 0 Å². The molecule has 5 aromatic carbocycles. The minimum absolute atomic E-state index is 0.143. The molecule has 0 atom stereocenters. The summed E-state index contributed by atoms with van der Waals surface area (Å²) < 4.78 is 6.14. The Balaban J connectivity index is 1.45. The Morgan fingerprint density at radius 1 is 0.667 bits per heavy atom. The van der Waals surface area contributed by atoms with Gasteiger partial charge in [0.25, 0.3) is 0 Å². The van der Waals surface area contributed by atoms with Crippen molar-refractivity contribution in [3.8, 4) is 22.6 Å². The summed E-state index contributed by atoms with van der Waals surface area (Å²) in [6.07, 6.45) is 0.327. The average Bonchev–Trinajstić information content (AvgIpc) is 3.12. The van der Waals surface area contributed by atoms with E-state index in [9.17, 15) is 19.8 Å². The Labute approximate surface area is 303 Å². The van der Waals surface area contributed by atoms with Crippen LogP contribution in [0.1, 0.15) is 54.4 Å². The van der Waals surface area contributed by atoms with Gasteiger partial charge in [0.2, 0.25) is 0 Å². The smallest absolute Gasteiger partial charge is 0.348 e. The van der Waals surface area contributed by atoms with Gasteiger partial charge in [0, 0.05) is 39.2 Å². The van der Waals surface area contributed by atoms with E-state index in [2.05, 4.69) is 0 Å². The lowest BCUT2D eigenvalue weighted by atomic mass is 9.96. The lowest BCUT2D eigenvalue weighted by Crippen LogP contribution is -2.17. The van der Waals surface area contributed by atoms with E-state index < -0.39 is 11.9 Å². The van der Waals surface area contributed by atoms with E-state index in [0.29, 0.717) is 31.9 Å². The van der Waals surface area contributed by atoms with E-state index >= 15 is 0 Å². The third kappa shape index (κ3) is 6.61. The molecule has 9 heteroatoms. The summed E-state index contributed by atoms with van der Waals surface area (Å²) in [7, 11) is 0. The highest BCUT2D eigenvalue weighted by atomic mass is 35.5. The van der Waals surface area contributed by atoms with Crippen molar-refractivity contribution in [1.29, 1.82) is 0 Å². The molecule has 7 nitrogen and oxygen atoms in total. The zero-order valence-corrected chi connectivity index (χ0v) is 29.1. The minimum atomic E-state index is -1.29. The molecule has 0 unspecified atom stereocenters. The molecule has 2 N–H and O–H groups in total. The summed E-state index contributed by atoms with van der Waals surface area (Å²) in [5.41, 5.74) is 6.03. The van der Waals surface area contributed by atoms with Crippen LogP contribution in [0.25, 0.3) is 32.9 Å². The van der Waals surface area contributed by atoms with Crippen molar-refractivity contribution in [1.82, 2.24) is 9.97 Å². The molecule has 0 aliphatic rings. The highest BCUT2D eigenvalue weighted by Gasteiger charge is 2.29. The number of aromatic hydroxyl groups is 1. The maximum Gasteiger partial charge on any atom is 0.348 e. The van der Waals surface area contributed by atoms with E-state index in [1.165, 1.54) is 0 Å². The van der Waals surface area contributed by atoms with Gasteiger partial charge in [-0.15, -0.1) is 0 Å². The maximum absolute atomic E-state index is 14.6. The van der Waals surface area contributed by atoms with Crippen molar-refractivity contribution in [3.05, 3.63) is 164 Å². The molecule has 7 rings (SSSR count). The predicted octanol–water partition coefficient (Wildman–Crippen LogP) is 10.2. The van der Waals surface area contributed by atoms with E-state index in [4.69, 9.17) is 37.9 Å². The number of carbonyl (C=O) groups is 2. The van der Waals surface area contributed by atoms with Crippen molar-refractivity contribution < 1.29 is 24.5 Å². The highest BCUT2D eigenvalue weighted by molar-refractivity contribution is 6.30. The van der Waals surface area contributed by atoms with Crippen molar-refractivity contribution in [2.24, 2.45) is 0 Å². The predicted molar refractivity (Wildman–Crippen MR) is 200 cm³/mol. The fourth-order valence-corrected chi connectivity index (χ4v) is 6.53. The molecule has 0 aliphatic heterocycles. The maximum atomic E-state index is 14.6. The molecule has 0 bridgehead atoms. The Bertz CT molecular complexity index is 2480. The number of fused-ring (bicyclic) bond motifs is 2. The quantitative estimate of drug-likeness (QED) is 0.151. The molecule has 0 radical (unpaired) electrons. The monoisotopic (exact) mass is 712 g/mol. The summed E-state index contributed by atoms with van der Waals surface area (Å²) in [5.74, 6) is -2.82. The molecule has 2 heterocycles. The molecule has 0 saturated heterocycles. The second-order valence-electron chi connectivity index (χ2n) is 12.3. The van der Waals surface area contributed by atoms with Gasteiger partial charge in [0.15, 0.2) is 11.5 Å². The number of carboxylic acids is 1. The Hall–Kier alpha value is -5.76. The van der Waals surface area contributed by atoms with Crippen LogP contribution < -0.4 is 4.74 Å². The molecular formula is C42H30Cl2N2O5. The second kappa shape index (κ2) is 13.9. The fraction of sp³-hybridized carbons (Fsp3) is 0.0952. The molecule has 0 spiro atoms. The number of para-hydroxylation sites is 1. The average molecular weight is 714 g/mol. The minimum Gasteiger partial charge on any atom is -0.505 e. The Morgan fingerprint density at radius 3 is 1.88 bits per heavy atom. The SMILES string of the molecule is Cc1ccc2c(C(=O)O)c(OC(=O)c3c(O)c(Cc4ccc(Cl)cc4)nc4c(-c5ccccc5)cccc34)c(Cc3ccc(Cl)cc3)nc2c1C. The number of benzene rings is 5. The topological polar surface area (TPSA) is 110 Å². The number of pyridine rings is 2. The summed E-state index contributed by atoms with van der Waals surface area (Å²) in [5, 5.41) is 24.2. The number of carbonyl (C=O) groups excluding carboxylic acids is 1. The molecular weight excluding hydrogens is 683 g/mol. The number of aromatic carboxylic acids is 1. The molecule has 7 aromatic rings. The van der Waals surface area contributed by atoms with Crippen LogP contribution in [0, 0.1) is 13.8 Å². The van der Waals surface area contributed by atoms with Crippen LogP contribution in [-0.4, -0.2) is 32.1 Å². The van der Waals surface area contributed by atoms with Crippen LogP contribution >= 0.6 is 23.2 Å². The van der Waals surface area contributed by atoms with Gasteiger partial charge in [-0.25, -0.2) is 19.6 Å². The molecule has 0 aliphatic carbocycles. The van der Waals surface area contributed by atoms with Gasteiger partial charge in [-0.1, -0.05) is 108 Å². The fourth-order valence-electron chi connectivity index (χ4n) is 6.28. The number of nitrogens with zero attached hydrogens (tertiary/aromatic N) is 2. The standard InChI is InChI=1S/C42H30Cl2N2O5/c1-23-11-20-32-36(41(48)49)40(34(46-37(32)24(23)2)22-26-14-18-29(44)19-15-26)51-42(50)35-31-10-6-9-30(27-7-4-3-5-8-27)38(31)45-33(39(35)47)21-25-12-16-28(43)17-13-25/h3-20,47H,21-22H2,1-2H3,(H,48,49). The number of ether oxygens (including phenoxy) is 1. The second-order valence-corrected chi connectivity index (χ2v) is 13.2. The number of aryl methyl sites for hydroxylation is 2. The highest BCUT2D eigenvalue weighted by Crippen LogP contribution is 2.39. The van der Waals surface area contributed by atoms with Gasteiger partial charge < -0.3 is 14.9 Å². The van der Waals surface area contributed by atoms with Crippen LogP contribution in [0.2, 0.25) is 10.0 Å². The molecule has 252 valence electrons. The summed E-state index contributed by atoms with van der Waals surface area (Å²) in [4.78, 5) is 37.4. The summed E-state index contributed by atoms with van der Waals surface area (Å²) >= 11 is 12.3. The lowest BCUT2D eigenvalue weighted by molar-refractivity contribution is 0.0682. The van der Waals surface area contributed by atoms with Crippen LogP contribution in [0.3, 0.4) is 0 Å². The van der Waals surface area contributed by atoms with Gasteiger partial charge in [-0.05, 0) is 65.9 Å². The Morgan fingerprint density at radius 2 is 1.25 bits per heavy atom. The number of hydrogen-bond donors (Lipinski definition) is 2. The first-order chi connectivity index (χ1) is 24.6. The third-order valence-corrected chi connectivity index (χ3v) is 9.54. The van der Waals surface area contributed by atoms with Crippen LogP contribution in [0.15, 0.2) is 109 Å². The molecule has 0 amide bonds. The van der Waals surface area contributed by atoms with Crippen molar-refractivity contribution in [3.63, 3.8) is 0 Å². The Kier molecular flexibility index (Phi) is 9.17. The van der Waals surface area contributed by atoms with E-state index in [0.717, 1.165) is 33.4 Å². The van der Waals surface area contributed by atoms with Crippen LogP contribution in [-0.2, 0) is 12.8 Å². The van der Waals surface area contributed by atoms with E-state index in [1.54, 1.807) is 54.6 Å². The van der Waals surface area contributed by atoms with E-state index in [1.807, 2.05) is 68.4 Å². The van der Waals surface area contributed by atoms with Crippen LogP contribution in [0.5, 0.6) is 11.5 Å². The number of rotatable bonds is 8. The van der Waals surface area contributed by atoms with Gasteiger partial charge in [-0.3, -0.25) is 0 Å². The molecule has 0 saturated carbocycles. The van der Waals surface area contributed by atoms with Crippen molar-refractivity contribution >= 4 is 56.9 Å². The number of halogens is 2. The molecule has 51 heavy (non-hydrogen) atoms. The lowest BCUT2D eigenvalue weighted by Gasteiger charge is -2.18. The first-order valence-electron chi connectivity index (χ1n) is 16.2. The van der Waals surface area contributed by atoms with Crippen LogP contribution in [0.4, 0.5) is 0 Å².